The fourth-order valence-electron chi connectivity index (χ4n) is 2.19. The average Bonchev–Trinajstić information content (AvgIpc) is 2.78. The maximum absolute atomic E-state index is 5.62. The highest BCUT2D eigenvalue weighted by molar-refractivity contribution is 8.00. The van der Waals surface area contributed by atoms with Gasteiger partial charge in [-0.3, -0.25) is 4.98 Å². The molecule has 2 aliphatic heterocycles. The number of hydrogen-bond donors (Lipinski definition) is 1. The monoisotopic (exact) mass is 208 g/mol. The standard InChI is InChI=1S/C9H12N4S/c10-8-2-11-3-9(12-8)13-4-7-1-6(13)5-14-7/h2-3,6-7H,1,4-5H2,(H2,10,12). The highest BCUT2D eigenvalue weighted by atomic mass is 32.2. The molecule has 0 aromatic carbocycles. The van der Waals surface area contributed by atoms with Gasteiger partial charge in [-0.25, -0.2) is 4.98 Å². The number of aromatic nitrogens is 2. The van der Waals surface area contributed by atoms with Crippen LogP contribution in [0, 0.1) is 0 Å². The van der Waals surface area contributed by atoms with E-state index in [0.29, 0.717) is 11.9 Å². The summed E-state index contributed by atoms with van der Waals surface area (Å²) in [5.74, 6) is 2.68. The fourth-order valence-corrected chi connectivity index (χ4v) is 3.62. The first-order valence-corrected chi connectivity index (χ1v) is 5.83. The lowest BCUT2D eigenvalue weighted by Crippen LogP contribution is -2.34. The van der Waals surface area contributed by atoms with Crippen molar-refractivity contribution in [1.82, 2.24) is 9.97 Å². The zero-order valence-electron chi connectivity index (χ0n) is 7.76. The predicted molar refractivity (Wildman–Crippen MR) is 58.4 cm³/mol. The van der Waals surface area contributed by atoms with E-state index in [4.69, 9.17) is 5.73 Å². The third kappa shape index (κ3) is 1.23. The second kappa shape index (κ2) is 3.02. The van der Waals surface area contributed by atoms with Crippen LogP contribution in [0.1, 0.15) is 6.42 Å². The van der Waals surface area contributed by atoms with E-state index in [0.717, 1.165) is 17.6 Å². The summed E-state index contributed by atoms with van der Waals surface area (Å²) in [5.41, 5.74) is 5.62. The minimum atomic E-state index is 0.512. The second-order valence-corrected chi connectivity index (χ2v) is 5.13. The Morgan fingerprint density at radius 2 is 2.43 bits per heavy atom. The van der Waals surface area contributed by atoms with Crippen molar-refractivity contribution >= 4 is 23.4 Å². The van der Waals surface area contributed by atoms with Crippen molar-refractivity contribution in [2.45, 2.75) is 17.7 Å². The molecule has 2 bridgehead atoms. The molecule has 0 radical (unpaired) electrons. The minimum Gasteiger partial charge on any atom is -0.382 e. The largest absolute Gasteiger partial charge is 0.382 e. The van der Waals surface area contributed by atoms with Crippen LogP contribution in [0.25, 0.3) is 0 Å². The molecule has 5 heteroatoms. The number of thioether (sulfide) groups is 1. The van der Waals surface area contributed by atoms with Gasteiger partial charge in [-0.15, -0.1) is 0 Å². The van der Waals surface area contributed by atoms with E-state index in [-0.39, 0.29) is 0 Å². The average molecular weight is 208 g/mol. The second-order valence-electron chi connectivity index (χ2n) is 3.80. The molecule has 14 heavy (non-hydrogen) atoms. The molecule has 0 aliphatic carbocycles. The Labute approximate surface area is 86.9 Å². The van der Waals surface area contributed by atoms with Crippen molar-refractivity contribution in [3.63, 3.8) is 0 Å². The summed E-state index contributed by atoms with van der Waals surface area (Å²) in [6, 6.07) is 0.654. The molecule has 2 atom stereocenters. The van der Waals surface area contributed by atoms with E-state index >= 15 is 0 Å². The van der Waals surface area contributed by atoms with Crippen molar-refractivity contribution in [1.29, 1.82) is 0 Å². The van der Waals surface area contributed by atoms with Gasteiger partial charge >= 0.3 is 0 Å². The van der Waals surface area contributed by atoms with Gasteiger partial charge in [0.15, 0.2) is 0 Å². The first-order valence-electron chi connectivity index (χ1n) is 4.79. The van der Waals surface area contributed by atoms with Crippen molar-refractivity contribution in [3.05, 3.63) is 12.4 Å². The highest BCUT2D eigenvalue weighted by Gasteiger charge is 2.39. The first kappa shape index (κ1) is 8.35. The van der Waals surface area contributed by atoms with Gasteiger partial charge in [0.2, 0.25) is 0 Å². The number of fused-ring (bicyclic) bond motifs is 2. The maximum Gasteiger partial charge on any atom is 0.149 e. The van der Waals surface area contributed by atoms with E-state index in [1.54, 1.807) is 6.20 Å². The Kier molecular flexibility index (Phi) is 1.80. The zero-order valence-corrected chi connectivity index (χ0v) is 8.57. The van der Waals surface area contributed by atoms with Crippen LogP contribution in [-0.4, -0.2) is 33.6 Å². The summed E-state index contributed by atoms with van der Waals surface area (Å²) >= 11 is 2.07. The van der Waals surface area contributed by atoms with Gasteiger partial charge in [0.1, 0.15) is 11.6 Å². The van der Waals surface area contributed by atoms with Crippen LogP contribution < -0.4 is 10.6 Å². The third-order valence-electron chi connectivity index (χ3n) is 2.84. The van der Waals surface area contributed by atoms with Crippen molar-refractivity contribution in [3.8, 4) is 0 Å². The lowest BCUT2D eigenvalue weighted by molar-refractivity contribution is 0.750. The number of hydrogen-bond acceptors (Lipinski definition) is 5. The van der Waals surface area contributed by atoms with Crippen molar-refractivity contribution in [2.75, 3.05) is 22.9 Å². The number of rotatable bonds is 1. The van der Waals surface area contributed by atoms with Gasteiger partial charge in [0.25, 0.3) is 0 Å². The van der Waals surface area contributed by atoms with Crippen LogP contribution >= 0.6 is 11.8 Å². The normalized spacial score (nSPS) is 29.9. The van der Waals surface area contributed by atoms with Crippen LogP contribution in [0.4, 0.5) is 11.6 Å². The molecule has 0 spiro atoms. The lowest BCUT2D eigenvalue weighted by Gasteiger charge is -2.27. The molecule has 2 saturated heterocycles. The summed E-state index contributed by atoms with van der Waals surface area (Å²) < 4.78 is 0. The quantitative estimate of drug-likeness (QED) is 0.738. The van der Waals surface area contributed by atoms with E-state index < -0.39 is 0 Å². The molecule has 3 rings (SSSR count). The number of nitrogens with two attached hydrogens (primary N) is 1. The molecule has 2 N–H and O–H groups in total. The van der Waals surface area contributed by atoms with Crippen molar-refractivity contribution in [2.24, 2.45) is 0 Å². The molecule has 74 valence electrons. The number of anilines is 2. The minimum absolute atomic E-state index is 0.512. The van der Waals surface area contributed by atoms with Gasteiger partial charge in [-0.05, 0) is 6.42 Å². The van der Waals surface area contributed by atoms with Crippen LogP contribution in [0.5, 0.6) is 0 Å². The van der Waals surface area contributed by atoms with Gasteiger partial charge in [0, 0.05) is 23.6 Å². The smallest absolute Gasteiger partial charge is 0.149 e. The summed E-state index contributed by atoms with van der Waals surface area (Å²) in [6.45, 7) is 1.10. The Morgan fingerprint density at radius 1 is 1.50 bits per heavy atom. The lowest BCUT2D eigenvalue weighted by atomic mass is 10.2. The van der Waals surface area contributed by atoms with Crippen LogP contribution in [0.2, 0.25) is 0 Å². The van der Waals surface area contributed by atoms with E-state index in [9.17, 15) is 0 Å². The number of nitrogens with zero attached hydrogens (tertiary/aromatic N) is 3. The van der Waals surface area contributed by atoms with Crippen LogP contribution in [-0.2, 0) is 0 Å². The number of nitrogen functional groups attached to an aromatic ring is 1. The Bertz CT molecular complexity index is 356. The Hall–Kier alpha value is -0.970. The molecule has 2 fully saturated rings. The van der Waals surface area contributed by atoms with Crippen molar-refractivity contribution < 1.29 is 0 Å². The van der Waals surface area contributed by atoms with Gasteiger partial charge in [-0.2, -0.15) is 11.8 Å². The third-order valence-corrected chi connectivity index (χ3v) is 4.23. The van der Waals surface area contributed by atoms with E-state index in [1.165, 1.54) is 12.2 Å². The molecule has 1 aromatic rings. The Morgan fingerprint density at radius 3 is 3.07 bits per heavy atom. The summed E-state index contributed by atoms with van der Waals surface area (Å²) in [7, 11) is 0. The van der Waals surface area contributed by atoms with E-state index in [1.807, 2.05) is 6.20 Å². The van der Waals surface area contributed by atoms with Gasteiger partial charge in [0.05, 0.1) is 12.4 Å². The molecule has 0 saturated carbocycles. The van der Waals surface area contributed by atoms with Gasteiger partial charge < -0.3 is 10.6 Å². The fraction of sp³-hybridized carbons (Fsp3) is 0.556. The summed E-state index contributed by atoms with van der Waals surface area (Å²) in [6.07, 6.45) is 4.69. The SMILES string of the molecule is Nc1cncc(N2CC3CC2CS3)n1. The molecule has 0 amide bonds. The Balaban J connectivity index is 1.89. The molecule has 2 unspecified atom stereocenters. The molecular formula is C9H12N4S. The first-order chi connectivity index (χ1) is 6.83. The molecular weight excluding hydrogens is 196 g/mol. The molecule has 1 aromatic heterocycles. The van der Waals surface area contributed by atoms with E-state index in [2.05, 4.69) is 26.6 Å². The van der Waals surface area contributed by atoms with Crippen LogP contribution in [0.15, 0.2) is 12.4 Å². The molecule has 2 aliphatic rings. The maximum atomic E-state index is 5.62. The summed E-state index contributed by atoms with van der Waals surface area (Å²) in [4.78, 5) is 10.7. The summed E-state index contributed by atoms with van der Waals surface area (Å²) in [5, 5.41) is 0.795. The predicted octanol–water partition coefficient (Wildman–Crippen LogP) is 0.753. The van der Waals surface area contributed by atoms with Crippen LogP contribution in [0.3, 0.4) is 0 Å². The molecule has 3 heterocycles. The zero-order chi connectivity index (χ0) is 9.54. The van der Waals surface area contributed by atoms with Gasteiger partial charge in [-0.1, -0.05) is 0 Å². The topological polar surface area (TPSA) is 55.0 Å². The highest BCUT2D eigenvalue weighted by Crippen LogP contribution is 2.39. The molecule has 4 nitrogen and oxygen atoms in total.